The van der Waals surface area contributed by atoms with Crippen molar-refractivity contribution in [3.8, 4) is 0 Å². The van der Waals surface area contributed by atoms with Crippen molar-refractivity contribution in [3.05, 3.63) is 100 Å². The minimum Gasteiger partial charge on any atom is -0.267 e. The summed E-state index contributed by atoms with van der Waals surface area (Å²) < 4.78 is 29.5. The predicted octanol–water partition coefficient (Wildman–Crippen LogP) is 3.23. The molecule has 0 bridgehead atoms. The Kier molecular flexibility index (Phi) is 5.21. The second kappa shape index (κ2) is 8.11. The van der Waals surface area contributed by atoms with Crippen molar-refractivity contribution < 1.29 is 13.2 Å². The van der Waals surface area contributed by atoms with Crippen LogP contribution in [0.4, 0.5) is 5.69 Å². The normalized spacial score (nSPS) is 15.4. The zero-order valence-corrected chi connectivity index (χ0v) is 19.4. The summed E-state index contributed by atoms with van der Waals surface area (Å²) in [7, 11) is -3.90. The zero-order chi connectivity index (χ0) is 24.0. The first-order chi connectivity index (χ1) is 16.3. The maximum absolute atomic E-state index is 13.5. The molecule has 1 aliphatic rings. The van der Waals surface area contributed by atoms with Crippen molar-refractivity contribution in [2.45, 2.75) is 31.2 Å². The number of anilines is 1. The fourth-order valence-electron chi connectivity index (χ4n) is 4.36. The maximum Gasteiger partial charge on any atom is 0.280 e. The molecule has 1 aromatic heterocycles. The van der Waals surface area contributed by atoms with Crippen LogP contribution < -0.4 is 15.3 Å². The maximum atomic E-state index is 13.5. The molecule has 1 aliphatic heterocycles. The van der Waals surface area contributed by atoms with Gasteiger partial charge >= 0.3 is 0 Å². The minimum atomic E-state index is -3.90. The smallest absolute Gasteiger partial charge is 0.267 e. The number of carbonyl (C=O) groups excluding carboxylic acids is 1. The fourth-order valence-corrected chi connectivity index (χ4v) is 6.10. The molecule has 0 spiro atoms. The quantitative estimate of drug-likeness (QED) is 0.489. The van der Waals surface area contributed by atoms with Gasteiger partial charge in [-0.2, -0.15) is 0 Å². The lowest BCUT2D eigenvalue weighted by Gasteiger charge is -2.24. The Labute approximate surface area is 196 Å². The van der Waals surface area contributed by atoms with Crippen LogP contribution >= 0.6 is 0 Å². The average molecular weight is 475 g/mol. The van der Waals surface area contributed by atoms with Gasteiger partial charge in [-0.25, -0.2) is 18.1 Å². The van der Waals surface area contributed by atoms with E-state index < -0.39 is 21.5 Å². The topological polar surface area (TPSA) is 101 Å². The van der Waals surface area contributed by atoms with Gasteiger partial charge in [0, 0.05) is 11.6 Å². The monoisotopic (exact) mass is 474 g/mol. The number of hydrogen-bond donors (Lipinski definition) is 1. The number of fused-ring (bicyclic) bond motifs is 2. The van der Waals surface area contributed by atoms with Crippen molar-refractivity contribution >= 4 is 32.5 Å². The van der Waals surface area contributed by atoms with Crippen LogP contribution in [0, 0.1) is 6.92 Å². The number of rotatable bonds is 4. The summed E-state index contributed by atoms with van der Waals surface area (Å²) in [4.78, 5) is 30.3. The molecule has 1 atom stereocenters. The molecule has 1 N–H and O–H groups in total. The van der Waals surface area contributed by atoms with Crippen LogP contribution in [-0.4, -0.2) is 30.0 Å². The van der Waals surface area contributed by atoms with Crippen molar-refractivity contribution in [3.63, 3.8) is 0 Å². The summed E-state index contributed by atoms with van der Waals surface area (Å²) in [5, 5.41) is 0.367. The van der Waals surface area contributed by atoms with E-state index in [1.807, 2.05) is 19.1 Å². The van der Waals surface area contributed by atoms with Gasteiger partial charge < -0.3 is 0 Å². The predicted molar refractivity (Wildman–Crippen MR) is 130 cm³/mol. The number of aryl methyl sites for hydroxylation is 1. The first-order valence-corrected chi connectivity index (χ1v) is 12.2. The molecule has 34 heavy (non-hydrogen) atoms. The summed E-state index contributed by atoms with van der Waals surface area (Å²) in [6, 6.07) is 19.8. The molecular weight excluding hydrogens is 452 g/mol. The highest BCUT2D eigenvalue weighted by atomic mass is 32.2. The van der Waals surface area contributed by atoms with Gasteiger partial charge in [0.25, 0.3) is 21.5 Å². The van der Waals surface area contributed by atoms with E-state index in [9.17, 15) is 18.0 Å². The standard InChI is InChI=1S/C25H22N4O4S/c1-16-14-18-8-3-6-13-23(18)29(16)34(32,33)20-10-7-9-19(15-20)24(30)27-28-17(2)26-22-12-5-4-11-21(22)25(28)31/h3-13,15-16H,14H2,1-2H3,(H,27,30). The molecule has 172 valence electrons. The highest BCUT2D eigenvalue weighted by Gasteiger charge is 2.36. The molecule has 5 rings (SSSR count). The van der Waals surface area contributed by atoms with Gasteiger partial charge in [-0.1, -0.05) is 36.4 Å². The molecule has 0 saturated heterocycles. The summed E-state index contributed by atoms with van der Waals surface area (Å²) in [5.74, 6) is -0.308. The SMILES string of the molecule is Cc1nc2ccccc2c(=O)n1NC(=O)c1cccc(S(=O)(=O)N2c3ccccc3CC2C)c1. The summed E-state index contributed by atoms with van der Waals surface area (Å²) >= 11 is 0. The highest BCUT2D eigenvalue weighted by Crippen LogP contribution is 2.36. The van der Waals surface area contributed by atoms with Crippen LogP contribution in [0.1, 0.15) is 28.7 Å². The van der Waals surface area contributed by atoms with E-state index in [1.54, 1.807) is 43.3 Å². The Balaban J connectivity index is 1.49. The number of nitrogens with zero attached hydrogens (tertiary/aromatic N) is 3. The van der Waals surface area contributed by atoms with Gasteiger partial charge in [-0.3, -0.25) is 19.3 Å². The summed E-state index contributed by atoms with van der Waals surface area (Å²) in [5.41, 5.74) is 4.39. The largest absolute Gasteiger partial charge is 0.280 e. The van der Waals surface area contributed by atoms with E-state index >= 15 is 0 Å². The van der Waals surface area contributed by atoms with Crippen LogP contribution in [0.15, 0.2) is 82.5 Å². The van der Waals surface area contributed by atoms with Crippen molar-refractivity contribution in [2.24, 2.45) is 0 Å². The number of nitrogens with one attached hydrogen (secondary N) is 1. The third-order valence-electron chi connectivity index (χ3n) is 5.95. The van der Waals surface area contributed by atoms with Crippen molar-refractivity contribution in [2.75, 3.05) is 9.73 Å². The van der Waals surface area contributed by atoms with Crippen molar-refractivity contribution in [1.29, 1.82) is 0 Å². The molecule has 0 radical (unpaired) electrons. The number of aromatic nitrogens is 2. The summed E-state index contributed by atoms with van der Waals surface area (Å²) in [6.45, 7) is 3.47. The number of para-hydroxylation sites is 2. The van der Waals surface area contributed by atoms with E-state index in [-0.39, 0.29) is 16.5 Å². The van der Waals surface area contributed by atoms with Gasteiger partial charge in [-0.05, 0) is 62.2 Å². The van der Waals surface area contributed by atoms with Crippen molar-refractivity contribution in [1.82, 2.24) is 9.66 Å². The number of carbonyl (C=O) groups is 1. The first-order valence-electron chi connectivity index (χ1n) is 10.8. The van der Waals surface area contributed by atoms with E-state index in [2.05, 4.69) is 10.4 Å². The number of sulfonamides is 1. The zero-order valence-electron chi connectivity index (χ0n) is 18.6. The molecule has 3 aromatic carbocycles. The number of amides is 1. The first kappa shape index (κ1) is 21.8. The van der Waals surface area contributed by atoms with Crippen LogP contribution in [0.2, 0.25) is 0 Å². The molecule has 0 saturated carbocycles. The number of hydrogen-bond acceptors (Lipinski definition) is 5. The molecule has 0 fully saturated rings. The van der Waals surface area contributed by atoms with E-state index in [4.69, 9.17) is 0 Å². The Morgan fingerprint density at radius 1 is 1.03 bits per heavy atom. The number of benzene rings is 3. The third kappa shape index (κ3) is 3.54. The van der Waals surface area contributed by atoms with Gasteiger partial charge in [0.15, 0.2) is 0 Å². The second-order valence-corrected chi connectivity index (χ2v) is 10.1. The van der Waals surface area contributed by atoms with Gasteiger partial charge in [0.2, 0.25) is 0 Å². The molecule has 2 heterocycles. The molecule has 1 unspecified atom stereocenters. The van der Waals surface area contributed by atoms with E-state index in [0.717, 1.165) is 10.2 Å². The van der Waals surface area contributed by atoms with Gasteiger partial charge in [0.05, 0.1) is 21.5 Å². The molecule has 4 aromatic rings. The van der Waals surface area contributed by atoms with Crippen LogP contribution in [-0.2, 0) is 16.4 Å². The lowest BCUT2D eigenvalue weighted by atomic mass is 10.1. The van der Waals surface area contributed by atoms with E-state index in [1.165, 1.54) is 28.6 Å². The minimum absolute atomic E-state index is 0.00408. The Morgan fingerprint density at radius 2 is 1.76 bits per heavy atom. The van der Waals surface area contributed by atoms with Crippen LogP contribution in [0.3, 0.4) is 0 Å². The van der Waals surface area contributed by atoms with E-state index in [0.29, 0.717) is 28.8 Å². The Morgan fingerprint density at radius 3 is 2.59 bits per heavy atom. The molecular formula is C25H22N4O4S. The molecule has 0 aliphatic carbocycles. The molecule has 8 nitrogen and oxygen atoms in total. The lowest BCUT2D eigenvalue weighted by molar-refractivity contribution is 0.101. The lowest BCUT2D eigenvalue weighted by Crippen LogP contribution is -2.36. The highest BCUT2D eigenvalue weighted by molar-refractivity contribution is 7.92. The molecule has 9 heteroatoms. The molecule has 1 amide bonds. The Hall–Kier alpha value is -3.98. The average Bonchev–Trinajstić information content (AvgIpc) is 3.18. The fraction of sp³-hybridized carbons (Fsp3) is 0.160. The third-order valence-corrected chi connectivity index (χ3v) is 7.88. The van der Waals surface area contributed by atoms with Gasteiger partial charge in [-0.15, -0.1) is 0 Å². The van der Waals surface area contributed by atoms with Crippen LogP contribution in [0.25, 0.3) is 10.9 Å². The van der Waals surface area contributed by atoms with Crippen LogP contribution in [0.5, 0.6) is 0 Å². The van der Waals surface area contributed by atoms with Gasteiger partial charge in [0.1, 0.15) is 5.82 Å². The Bertz CT molecular complexity index is 1610. The second-order valence-electron chi connectivity index (χ2n) is 8.27. The summed E-state index contributed by atoms with van der Waals surface area (Å²) in [6.07, 6.45) is 0.618.